The Morgan fingerprint density at radius 3 is 2.29 bits per heavy atom. The van der Waals surface area contributed by atoms with Crippen molar-refractivity contribution in [3.63, 3.8) is 0 Å². The van der Waals surface area contributed by atoms with E-state index in [0.29, 0.717) is 23.8 Å². The largest absolute Gasteiger partial charge is 0.484 e. The lowest BCUT2D eigenvalue weighted by molar-refractivity contribution is -0.124. The van der Waals surface area contributed by atoms with Crippen LogP contribution in [0.5, 0.6) is 5.75 Å². The highest BCUT2D eigenvalue weighted by Gasteiger charge is 2.11. The van der Waals surface area contributed by atoms with Gasteiger partial charge in [-0.3, -0.25) is 4.79 Å². The van der Waals surface area contributed by atoms with E-state index in [-0.39, 0.29) is 24.5 Å². The quantitative estimate of drug-likeness (QED) is 0.784. The molecule has 116 valence electrons. The molecule has 1 N–H and O–H groups in total. The highest BCUT2D eigenvalue weighted by molar-refractivity contribution is 5.89. The third-order valence-electron chi connectivity index (χ3n) is 3.12. The maximum Gasteiger partial charge on any atom is 0.338 e. The van der Waals surface area contributed by atoms with Crippen LogP contribution in [0.2, 0.25) is 0 Å². The van der Waals surface area contributed by atoms with Gasteiger partial charge in [-0.25, -0.2) is 4.79 Å². The Labute approximate surface area is 125 Å². The molecule has 1 aromatic carbocycles. The first-order valence-electron chi connectivity index (χ1n) is 7.13. The van der Waals surface area contributed by atoms with Gasteiger partial charge in [-0.05, 0) is 44.0 Å². The molecular formula is C16H23NO4. The third kappa shape index (κ3) is 5.85. The maximum atomic E-state index is 11.7. The summed E-state index contributed by atoms with van der Waals surface area (Å²) in [6.45, 7) is 8.09. The molecule has 1 aromatic rings. The summed E-state index contributed by atoms with van der Waals surface area (Å²) in [6, 6.07) is 6.62. The lowest BCUT2D eigenvalue weighted by Gasteiger charge is -2.17. The average molecular weight is 293 g/mol. The lowest BCUT2D eigenvalue weighted by atomic mass is 10.1. The van der Waals surface area contributed by atoms with Crippen LogP contribution in [0.4, 0.5) is 0 Å². The highest BCUT2D eigenvalue weighted by atomic mass is 16.5. The number of esters is 1. The van der Waals surface area contributed by atoms with Gasteiger partial charge in [0, 0.05) is 6.04 Å². The number of hydrogen-bond donors (Lipinski definition) is 1. The number of amides is 1. The van der Waals surface area contributed by atoms with Gasteiger partial charge in [-0.15, -0.1) is 0 Å². The summed E-state index contributed by atoms with van der Waals surface area (Å²) in [6.07, 6.45) is 0. The van der Waals surface area contributed by atoms with Crippen molar-refractivity contribution >= 4 is 11.9 Å². The van der Waals surface area contributed by atoms with Crippen molar-refractivity contribution in [2.45, 2.75) is 33.7 Å². The van der Waals surface area contributed by atoms with Crippen molar-refractivity contribution < 1.29 is 19.1 Å². The molecule has 0 radical (unpaired) electrons. The topological polar surface area (TPSA) is 64.6 Å². The van der Waals surface area contributed by atoms with E-state index < -0.39 is 0 Å². The summed E-state index contributed by atoms with van der Waals surface area (Å²) in [5.41, 5.74) is 0.460. The molecule has 1 amide bonds. The normalized spacial score (nSPS) is 11.9. The first-order valence-corrected chi connectivity index (χ1v) is 7.13. The molecule has 21 heavy (non-hydrogen) atoms. The molecular weight excluding hydrogens is 270 g/mol. The molecule has 0 bridgehead atoms. The van der Waals surface area contributed by atoms with Gasteiger partial charge in [-0.1, -0.05) is 13.8 Å². The van der Waals surface area contributed by atoms with E-state index in [1.807, 2.05) is 20.8 Å². The Morgan fingerprint density at radius 2 is 1.76 bits per heavy atom. The second-order valence-electron chi connectivity index (χ2n) is 5.13. The molecule has 0 aliphatic carbocycles. The zero-order valence-electron chi connectivity index (χ0n) is 13.0. The van der Waals surface area contributed by atoms with Crippen LogP contribution in [-0.2, 0) is 9.53 Å². The summed E-state index contributed by atoms with van der Waals surface area (Å²) < 4.78 is 10.3. The molecule has 1 atom stereocenters. The predicted octanol–water partition coefficient (Wildman–Crippen LogP) is 2.40. The van der Waals surface area contributed by atoms with Crippen LogP contribution in [0.25, 0.3) is 0 Å². The fourth-order valence-corrected chi connectivity index (χ4v) is 1.51. The molecule has 0 aromatic heterocycles. The summed E-state index contributed by atoms with van der Waals surface area (Å²) in [5.74, 6) is 0.381. The van der Waals surface area contributed by atoms with Crippen LogP contribution in [0.3, 0.4) is 0 Å². The van der Waals surface area contributed by atoms with E-state index in [4.69, 9.17) is 9.47 Å². The number of carbonyl (C=O) groups excluding carboxylic acids is 2. The van der Waals surface area contributed by atoms with Gasteiger partial charge < -0.3 is 14.8 Å². The van der Waals surface area contributed by atoms with Crippen LogP contribution in [0, 0.1) is 5.92 Å². The van der Waals surface area contributed by atoms with E-state index in [9.17, 15) is 9.59 Å². The summed E-state index contributed by atoms with van der Waals surface area (Å²) in [4.78, 5) is 23.2. The van der Waals surface area contributed by atoms with Crippen molar-refractivity contribution in [3.8, 4) is 5.75 Å². The first-order chi connectivity index (χ1) is 9.93. The monoisotopic (exact) mass is 293 g/mol. The SMILES string of the molecule is CCOC(=O)c1ccc(OCC(=O)N[C@H](C)C(C)C)cc1. The van der Waals surface area contributed by atoms with Crippen LogP contribution < -0.4 is 10.1 Å². The van der Waals surface area contributed by atoms with Gasteiger partial charge in [0.05, 0.1) is 12.2 Å². The van der Waals surface area contributed by atoms with E-state index in [1.165, 1.54) is 0 Å². The molecule has 5 nitrogen and oxygen atoms in total. The number of carbonyl (C=O) groups is 2. The van der Waals surface area contributed by atoms with Crippen LogP contribution in [-0.4, -0.2) is 31.1 Å². The fraction of sp³-hybridized carbons (Fsp3) is 0.500. The molecule has 1 rings (SSSR count). The van der Waals surface area contributed by atoms with Gasteiger partial charge in [0.2, 0.25) is 0 Å². The standard InChI is InChI=1S/C16H23NO4/c1-5-20-16(19)13-6-8-14(9-7-13)21-10-15(18)17-12(4)11(2)3/h6-9,11-12H,5,10H2,1-4H3,(H,17,18)/t12-/m1/s1. The smallest absolute Gasteiger partial charge is 0.338 e. The fourth-order valence-electron chi connectivity index (χ4n) is 1.51. The van der Waals surface area contributed by atoms with Crippen molar-refractivity contribution in [2.75, 3.05) is 13.2 Å². The molecule has 0 saturated carbocycles. The molecule has 0 unspecified atom stereocenters. The molecule has 0 saturated heterocycles. The zero-order valence-corrected chi connectivity index (χ0v) is 13.0. The number of hydrogen-bond acceptors (Lipinski definition) is 4. The number of ether oxygens (including phenoxy) is 2. The molecule has 5 heteroatoms. The second-order valence-corrected chi connectivity index (χ2v) is 5.13. The zero-order chi connectivity index (χ0) is 15.8. The molecule has 0 aliphatic rings. The third-order valence-corrected chi connectivity index (χ3v) is 3.12. The van der Waals surface area contributed by atoms with Crippen molar-refractivity contribution in [3.05, 3.63) is 29.8 Å². The van der Waals surface area contributed by atoms with Crippen molar-refractivity contribution in [1.29, 1.82) is 0 Å². The van der Waals surface area contributed by atoms with Gasteiger partial charge in [0.25, 0.3) is 5.91 Å². The van der Waals surface area contributed by atoms with Crippen LogP contribution in [0.15, 0.2) is 24.3 Å². The van der Waals surface area contributed by atoms with Gasteiger partial charge in [-0.2, -0.15) is 0 Å². The first kappa shape index (κ1) is 17.0. The highest BCUT2D eigenvalue weighted by Crippen LogP contribution is 2.13. The van der Waals surface area contributed by atoms with Gasteiger partial charge in [0.1, 0.15) is 5.75 Å². The number of rotatable bonds is 7. The van der Waals surface area contributed by atoms with Gasteiger partial charge in [0.15, 0.2) is 6.61 Å². The molecule has 0 heterocycles. The molecule has 0 spiro atoms. The second kappa shape index (κ2) is 8.29. The minimum Gasteiger partial charge on any atom is -0.484 e. The van der Waals surface area contributed by atoms with Crippen molar-refractivity contribution in [2.24, 2.45) is 5.92 Å². The minimum absolute atomic E-state index is 0.0458. The van der Waals surface area contributed by atoms with Gasteiger partial charge >= 0.3 is 5.97 Å². The Bertz CT molecular complexity index is 468. The van der Waals surface area contributed by atoms with E-state index in [1.54, 1.807) is 31.2 Å². The van der Waals surface area contributed by atoms with E-state index >= 15 is 0 Å². The number of benzene rings is 1. The van der Waals surface area contributed by atoms with Crippen LogP contribution >= 0.6 is 0 Å². The minimum atomic E-state index is -0.368. The average Bonchev–Trinajstić information content (AvgIpc) is 2.45. The molecule has 0 fully saturated rings. The predicted molar refractivity (Wildman–Crippen MR) is 80.3 cm³/mol. The summed E-state index contributed by atoms with van der Waals surface area (Å²) >= 11 is 0. The van der Waals surface area contributed by atoms with Crippen molar-refractivity contribution in [1.82, 2.24) is 5.32 Å². The number of nitrogens with one attached hydrogen (secondary N) is 1. The van der Waals surface area contributed by atoms with E-state index in [2.05, 4.69) is 5.32 Å². The summed E-state index contributed by atoms with van der Waals surface area (Å²) in [5, 5.41) is 2.86. The Morgan fingerprint density at radius 1 is 1.14 bits per heavy atom. The Hall–Kier alpha value is -2.04. The van der Waals surface area contributed by atoms with E-state index in [0.717, 1.165) is 0 Å². The maximum absolute atomic E-state index is 11.7. The Kier molecular flexibility index (Phi) is 6.72. The molecule has 0 aliphatic heterocycles. The van der Waals surface area contributed by atoms with Crippen LogP contribution in [0.1, 0.15) is 38.1 Å². The Balaban J connectivity index is 2.46. The summed E-state index contributed by atoms with van der Waals surface area (Å²) in [7, 11) is 0. The lowest BCUT2D eigenvalue weighted by Crippen LogP contribution is -2.38.